The van der Waals surface area contributed by atoms with Crippen LogP contribution in [0.15, 0.2) is 11.0 Å². The van der Waals surface area contributed by atoms with Crippen molar-refractivity contribution in [3.05, 3.63) is 27.7 Å². The molecule has 0 aliphatic carbocycles. The Morgan fingerprint density at radius 3 is 2.91 bits per heavy atom. The van der Waals surface area contributed by atoms with Gasteiger partial charge in [0.2, 0.25) is 0 Å². The van der Waals surface area contributed by atoms with Crippen LogP contribution in [-0.4, -0.2) is 10.1 Å². The normalized spacial score (nSPS) is 9.09. The maximum atomic E-state index is 10.7. The summed E-state index contributed by atoms with van der Waals surface area (Å²) in [5.41, 5.74) is 0.0276. The number of pyridine rings is 1. The van der Waals surface area contributed by atoms with Crippen molar-refractivity contribution in [1.29, 1.82) is 5.26 Å². The highest BCUT2D eigenvalue weighted by Crippen LogP contribution is 2.11. The predicted octanol–water partition coefficient (Wildman–Crippen LogP) is 0.261. The first-order chi connectivity index (χ1) is 5.16. The average Bonchev–Trinajstić information content (AvgIpc) is 2.01. The van der Waals surface area contributed by atoms with E-state index < -0.39 is 5.56 Å². The third kappa shape index (κ3) is 1.08. The van der Waals surface area contributed by atoms with Gasteiger partial charge in [-0.3, -0.25) is 4.79 Å². The number of rotatable bonds is 0. The Labute approximate surface area is 62.7 Å². The Bertz CT molecular complexity index is 373. The van der Waals surface area contributed by atoms with Crippen molar-refractivity contribution in [2.75, 3.05) is 0 Å². The summed E-state index contributed by atoms with van der Waals surface area (Å²) in [6.07, 6.45) is 1.28. The SMILES string of the molecule is Cc1c(C#N)c[nH]c(=O)c1O. The molecule has 4 nitrogen and oxygen atoms in total. The Morgan fingerprint density at radius 1 is 1.73 bits per heavy atom. The smallest absolute Gasteiger partial charge is 0.290 e. The summed E-state index contributed by atoms with van der Waals surface area (Å²) in [5.74, 6) is -0.385. The van der Waals surface area contributed by atoms with Gasteiger partial charge in [-0.1, -0.05) is 0 Å². The highest BCUT2D eigenvalue weighted by molar-refractivity contribution is 5.41. The topological polar surface area (TPSA) is 76.9 Å². The third-order valence-corrected chi connectivity index (χ3v) is 1.44. The van der Waals surface area contributed by atoms with Crippen molar-refractivity contribution < 1.29 is 5.11 Å². The summed E-state index contributed by atoms with van der Waals surface area (Å²) in [5, 5.41) is 17.5. The molecule has 0 saturated carbocycles. The van der Waals surface area contributed by atoms with E-state index in [1.165, 1.54) is 13.1 Å². The zero-order valence-corrected chi connectivity index (χ0v) is 5.88. The Kier molecular flexibility index (Phi) is 1.65. The minimum absolute atomic E-state index is 0.280. The van der Waals surface area contributed by atoms with Crippen LogP contribution in [0.5, 0.6) is 5.75 Å². The van der Waals surface area contributed by atoms with Gasteiger partial charge >= 0.3 is 0 Å². The highest BCUT2D eigenvalue weighted by atomic mass is 16.3. The van der Waals surface area contributed by atoms with E-state index in [4.69, 9.17) is 10.4 Å². The molecule has 2 N–H and O–H groups in total. The van der Waals surface area contributed by atoms with Crippen LogP contribution in [0.4, 0.5) is 0 Å². The van der Waals surface area contributed by atoms with Gasteiger partial charge in [0.1, 0.15) is 6.07 Å². The molecule has 1 aromatic heterocycles. The molecule has 1 aromatic rings. The average molecular weight is 150 g/mol. The molecule has 0 bridgehead atoms. The first-order valence-corrected chi connectivity index (χ1v) is 2.98. The number of nitrogens with zero attached hydrogens (tertiary/aromatic N) is 1. The van der Waals surface area contributed by atoms with Crippen molar-refractivity contribution >= 4 is 0 Å². The highest BCUT2D eigenvalue weighted by Gasteiger charge is 2.05. The summed E-state index contributed by atoms with van der Waals surface area (Å²) in [6.45, 7) is 1.52. The lowest BCUT2D eigenvalue weighted by atomic mass is 10.2. The Balaban J connectivity index is 3.52. The Morgan fingerprint density at radius 2 is 2.36 bits per heavy atom. The molecule has 0 aromatic carbocycles. The predicted molar refractivity (Wildman–Crippen MR) is 38.2 cm³/mol. The number of nitrogens with one attached hydrogen (secondary N) is 1. The van der Waals surface area contributed by atoms with Crippen LogP contribution in [0.2, 0.25) is 0 Å². The van der Waals surface area contributed by atoms with E-state index in [1.54, 1.807) is 0 Å². The molecule has 0 aliphatic rings. The maximum Gasteiger partial charge on any atom is 0.290 e. The van der Waals surface area contributed by atoms with Gasteiger partial charge in [-0.15, -0.1) is 0 Å². The zero-order valence-electron chi connectivity index (χ0n) is 5.88. The maximum absolute atomic E-state index is 10.7. The number of aromatic amines is 1. The summed E-state index contributed by atoms with van der Waals surface area (Å²) in [7, 11) is 0. The van der Waals surface area contributed by atoms with E-state index in [1.807, 2.05) is 6.07 Å². The fraction of sp³-hybridized carbons (Fsp3) is 0.143. The third-order valence-electron chi connectivity index (χ3n) is 1.44. The zero-order chi connectivity index (χ0) is 8.43. The van der Waals surface area contributed by atoms with Crippen molar-refractivity contribution in [2.45, 2.75) is 6.92 Å². The van der Waals surface area contributed by atoms with Crippen LogP contribution in [0.25, 0.3) is 0 Å². The molecule has 11 heavy (non-hydrogen) atoms. The standard InChI is InChI=1S/C7H6N2O2/c1-4-5(2-8)3-9-7(11)6(4)10/h3,10H,1H3,(H,9,11). The molecule has 0 aliphatic heterocycles. The molecule has 1 heterocycles. The van der Waals surface area contributed by atoms with E-state index in [0.29, 0.717) is 5.56 Å². The largest absolute Gasteiger partial charge is 0.503 e. The van der Waals surface area contributed by atoms with Gasteiger partial charge in [-0.2, -0.15) is 5.26 Å². The number of aromatic hydroxyl groups is 1. The van der Waals surface area contributed by atoms with Gasteiger partial charge in [0.05, 0.1) is 5.56 Å². The van der Waals surface area contributed by atoms with Crippen LogP contribution in [0, 0.1) is 18.3 Å². The van der Waals surface area contributed by atoms with Crippen LogP contribution in [0.1, 0.15) is 11.1 Å². The molecule has 0 radical (unpaired) electrons. The van der Waals surface area contributed by atoms with Crippen LogP contribution in [-0.2, 0) is 0 Å². The van der Waals surface area contributed by atoms with E-state index in [-0.39, 0.29) is 11.3 Å². The lowest BCUT2D eigenvalue weighted by Gasteiger charge is -1.96. The first-order valence-electron chi connectivity index (χ1n) is 2.98. The summed E-state index contributed by atoms with van der Waals surface area (Å²) < 4.78 is 0. The Hall–Kier alpha value is -1.76. The second-order valence-electron chi connectivity index (χ2n) is 2.12. The van der Waals surface area contributed by atoms with Crippen LogP contribution >= 0.6 is 0 Å². The van der Waals surface area contributed by atoms with Crippen LogP contribution < -0.4 is 5.56 Å². The van der Waals surface area contributed by atoms with Gasteiger partial charge in [0, 0.05) is 11.8 Å². The molecule has 0 atom stereocenters. The van der Waals surface area contributed by atoms with Crippen molar-refractivity contribution in [2.24, 2.45) is 0 Å². The second kappa shape index (κ2) is 2.46. The minimum Gasteiger partial charge on any atom is -0.503 e. The fourth-order valence-electron chi connectivity index (χ4n) is 0.728. The van der Waals surface area contributed by atoms with Gasteiger partial charge in [0.15, 0.2) is 5.75 Å². The fourth-order valence-corrected chi connectivity index (χ4v) is 0.728. The molecule has 0 spiro atoms. The van der Waals surface area contributed by atoms with Gasteiger partial charge in [0.25, 0.3) is 5.56 Å². The molecule has 4 heteroatoms. The molecule has 0 fully saturated rings. The van der Waals surface area contributed by atoms with E-state index in [9.17, 15) is 4.79 Å². The molecule has 1 rings (SSSR count). The van der Waals surface area contributed by atoms with Crippen molar-refractivity contribution in [1.82, 2.24) is 4.98 Å². The number of nitriles is 1. The minimum atomic E-state index is -0.568. The molecule has 0 saturated heterocycles. The molecular weight excluding hydrogens is 144 g/mol. The lowest BCUT2D eigenvalue weighted by Crippen LogP contribution is -2.06. The summed E-state index contributed by atoms with van der Waals surface area (Å²) in [4.78, 5) is 12.9. The second-order valence-corrected chi connectivity index (χ2v) is 2.12. The molecule has 0 unspecified atom stereocenters. The number of hydrogen-bond acceptors (Lipinski definition) is 3. The molecule has 56 valence electrons. The summed E-state index contributed by atoms with van der Waals surface area (Å²) in [6, 6.07) is 1.83. The first kappa shape index (κ1) is 7.35. The van der Waals surface area contributed by atoms with Gasteiger partial charge in [-0.25, -0.2) is 0 Å². The van der Waals surface area contributed by atoms with Crippen molar-refractivity contribution in [3.63, 3.8) is 0 Å². The van der Waals surface area contributed by atoms with E-state index in [2.05, 4.69) is 4.98 Å². The van der Waals surface area contributed by atoms with Crippen LogP contribution in [0.3, 0.4) is 0 Å². The van der Waals surface area contributed by atoms with Gasteiger partial charge < -0.3 is 10.1 Å². The number of aromatic nitrogens is 1. The van der Waals surface area contributed by atoms with Crippen molar-refractivity contribution in [3.8, 4) is 11.8 Å². The number of H-pyrrole nitrogens is 1. The van der Waals surface area contributed by atoms with E-state index >= 15 is 0 Å². The van der Waals surface area contributed by atoms with Gasteiger partial charge in [-0.05, 0) is 6.92 Å². The summed E-state index contributed by atoms with van der Waals surface area (Å²) >= 11 is 0. The quantitative estimate of drug-likeness (QED) is 0.556. The molecule has 0 amide bonds. The monoisotopic (exact) mass is 150 g/mol. The number of hydrogen-bond donors (Lipinski definition) is 2. The molecular formula is C7H6N2O2. The van der Waals surface area contributed by atoms with E-state index in [0.717, 1.165) is 0 Å². The lowest BCUT2D eigenvalue weighted by molar-refractivity contribution is 0.462.